The highest BCUT2D eigenvalue weighted by Crippen LogP contribution is 2.43. The van der Waals surface area contributed by atoms with Crippen LogP contribution in [0.15, 0.2) is 30.3 Å². The van der Waals surface area contributed by atoms with Crippen LogP contribution >= 0.6 is 0 Å². The van der Waals surface area contributed by atoms with Gasteiger partial charge in [-0.3, -0.25) is 9.69 Å². The van der Waals surface area contributed by atoms with E-state index in [0.29, 0.717) is 12.2 Å². The summed E-state index contributed by atoms with van der Waals surface area (Å²) in [6.07, 6.45) is 5.17. The van der Waals surface area contributed by atoms with Crippen LogP contribution in [0.25, 0.3) is 0 Å². The lowest BCUT2D eigenvalue weighted by molar-refractivity contribution is -0.138. The van der Waals surface area contributed by atoms with Crippen LogP contribution in [0.1, 0.15) is 37.7 Å². The van der Waals surface area contributed by atoms with Crippen molar-refractivity contribution in [2.45, 2.75) is 38.6 Å². The highest BCUT2D eigenvalue weighted by molar-refractivity contribution is 5.88. The Labute approximate surface area is 126 Å². The highest BCUT2D eigenvalue weighted by Gasteiger charge is 2.44. The lowest BCUT2D eigenvalue weighted by Gasteiger charge is -2.44. The van der Waals surface area contributed by atoms with Gasteiger partial charge in [0.25, 0.3) is 0 Å². The largest absolute Gasteiger partial charge is 0.303 e. The fourth-order valence-corrected chi connectivity index (χ4v) is 3.78. The molecule has 2 aliphatic rings. The Morgan fingerprint density at radius 2 is 1.86 bits per heavy atom. The summed E-state index contributed by atoms with van der Waals surface area (Å²) >= 11 is 0. The van der Waals surface area contributed by atoms with Gasteiger partial charge in [-0.25, -0.2) is 0 Å². The lowest BCUT2D eigenvalue weighted by atomic mass is 9.65. The van der Waals surface area contributed by atoms with E-state index in [1.165, 1.54) is 5.56 Å². The minimum Gasteiger partial charge on any atom is -0.303 e. The van der Waals surface area contributed by atoms with Crippen LogP contribution in [0.4, 0.5) is 0 Å². The highest BCUT2D eigenvalue weighted by atomic mass is 16.1. The van der Waals surface area contributed by atoms with Gasteiger partial charge < -0.3 is 4.79 Å². The van der Waals surface area contributed by atoms with E-state index in [4.69, 9.17) is 0 Å². The van der Waals surface area contributed by atoms with Crippen molar-refractivity contribution in [1.82, 2.24) is 4.90 Å². The van der Waals surface area contributed by atoms with Gasteiger partial charge in [0.15, 0.2) is 0 Å². The number of hydrogen-bond donors (Lipinski definition) is 0. The van der Waals surface area contributed by atoms with Crippen LogP contribution in [0, 0.1) is 11.3 Å². The number of nitrogens with zero attached hydrogens (tertiary/aromatic N) is 1. The Balaban J connectivity index is 1.57. The second-order valence-electron chi connectivity index (χ2n) is 6.60. The zero-order chi connectivity index (χ0) is 14.7. The Kier molecular flexibility index (Phi) is 4.20. The predicted molar refractivity (Wildman–Crippen MR) is 81.8 cm³/mol. The average molecular weight is 285 g/mol. The van der Waals surface area contributed by atoms with E-state index in [9.17, 15) is 9.59 Å². The van der Waals surface area contributed by atoms with Crippen LogP contribution in [0.5, 0.6) is 0 Å². The second-order valence-corrected chi connectivity index (χ2v) is 6.60. The molecule has 1 atom stereocenters. The van der Waals surface area contributed by atoms with Crippen molar-refractivity contribution in [3.63, 3.8) is 0 Å². The molecule has 3 nitrogen and oxygen atoms in total. The monoisotopic (exact) mass is 285 g/mol. The Morgan fingerprint density at radius 1 is 1.14 bits per heavy atom. The van der Waals surface area contributed by atoms with E-state index in [-0.39, 0.29) is 11.3 Å². The molecule has 1 saturated heterocycles. The van der Waals surface area contributed by atoms with Crippen molar-refractivity contribution in [2.75, 3.05) is 13.1 Å². The number of aldehydes is 1. The molecular formula is C18H23NO2. The lowest BCUT2D eigenvalue weighted by Crippen LogP contribution is -2.46. The number of hydrogen-bond acceptors (Lipinski definition) is 3. The van der Waals surface area contributed by atoms with Gasteiger partial charge in [-0.2, -0.15) is 0 Å². The molecule has 1 aromatic carbocycles. The van der Waals surface area contributed by atoms with E-state index in [1.807, 2.05) is 6.07 Å². The minimum atomic E-state index is -0.118. The Bertz CT molecular complexity index is 503. The number of carbonyl (C=O) groups is 2. The number of rotatable bonds is 3. The standard InChI is InChI=1S/C18H23NO2/c20-14-16-6-7-18(17(21)12-16)8-10-19(11-9-18)13-15-4-2-1-3-5-15/h1-5,14,16H,6-13H2. The summed E-state index contributed by atoms with van der Waals surface area (Å²) in [4.78, 5) is 25.7. The van der Waals surface area contributed by atoms with E-state index >= 15 is 0 Å². The molecular weight excluding hydrogens is 262 g/mol. The maximum Gasteiger partial charge on any atom is 0.139 e. The molecule has 0 amide bonds. The summed E-state index contributed by atoms with van der Waals surface area (Å²) in [5, 5.41) is 0. The summed E-state index contributed by atoms with van der Waals surface area (Å²) in [5.41, 5.74) is 1.22. The molecule has 1 aliphatic heterocycles. The molecule has 3 rings (SSSR count). The van der Waals surface area contributed by atoms with Crippen molar-refractivity contribution < 1.29 is 9.59 Å². The molecule has 112 valence electrons. The van der Waals surface area contributed by atoms with Gasteiger partial charge >= 0.3 is 0 Å². The smallest absolute Gasteiger partial charge is 0.139 e. The van der Waals surface area contributed by atoms with E-state index in [1.54, 1.807) is 0 Å². The number of likely N-dealkylation sites (tertiary alicyclic amines) is 1. The van der Waals surface area contributed by atoms with Gasteiger partial charge in [0, 0.05) is 24.3 Å². The molecule has 1 aliphatic carbocycles. The second kappa shape index (κ2) is 6.10. The van der Waals surface area contributed by atoms with Gasteiger partial charge in [0.1, 0.15) is 12.1 Å². The van der Waals surface area contributed by atoms with Crippen LogP contribution in [0.3, 0.4) is 0 Å². The number of piperidine rings is 1. The molecule has 21 heavy (non-hydrogen) atoms. The molecule has 2 fully saturated rings. The summed E-state index contributed by atoms with van der Waals surface area (Å²) in [7, 11) is 0. The third kappa shape index (κ3) is 3.08. The van der Waals surface area contributed by atoms with Crippen molar-refractivity contribution in [1.29, 1.82) is 0 Å². The quantitative estimate of drug-likeness (QED) is 0.801. The zero-order valence-corrected chi connectivity index (χ0v) is 12.5. The number of carbonyl (C=O) groups excluding carboxylic acids is 2. The van der Waals surface area contributed by atoms with Gasteiger partial charge in [-0.1, -0.05) is 30.3 Å². The third-order valence-corrected chi connectivity index (χ3v) is 5.29. The number of benzene rings is 1. The minimum absolute atomic E-state index is 0.0227. The molecule has 1 aromatic rings. The first-order chi connectivity index (χ1) is 10.2. The maximum atomic E-state index is 12.4. The van der Waals surface area contributed by atoms with Crippen LogP contribution in [-0.4, -0.2) is 30.1 Å². The molecule has 0 radical (unpaired) electrons. The van der Waals surface area contributed by atoms with Crippen molar-refractivity contribution >= 4 is 12.1 Å². The molecule has 1 spiro atoms. The van der Waals surface area contributed by atoms with Gasteiger partial charge in [0.05, 0.1) is 0 Å². The fourth-order valence-electron chi connectivity index (χ4n) is 3.78. The molecule has 1 unspecified atom stereocenters. The van der Waals surface area contributed by atoms with Crippen molar-refractivity contribution in [2.24, 2.45) is 11.3 Å². The SMILES string of the molecule is O=CC1CCC2(CCN(Cc3ccccc3)CC2)C(=O)C1. The topological polar surface area (TPSA) is 37.4 Å². The van der Waals surface area contributed by atoms with Crippen molar-refractivity contribution in [3.8, 4) is 0 Å². The van der Waals surface area contributed by atoms with Crippen molar-refractivity contribution in [3.05, 3.63) is 35.9 Å². The maximum absolute atomic E-state index is 12.4. The number of ketones is 1. The van der Waals surface area contributed by atoms with Gasteiger partial charge in [-0.15, -0.1) is 0 Å². The molecule has 3 heteroatoms. The molecule has 0 bridgehead atoms. The van der Waals surface area contributed by atoms with Crippen LogP contribution < -0.4 is 0 Å². The third-order valence-electron chi connectivity index (χ3n) is 5.29. The van der Waals surface area contributed by atoms with Crippen LogP contribution in [0.2, 0.25) is 0 Å². The van der Waals surface area contributed by atoms with E-state index in [2.05, 4.69) is 29.2 Å². The van der Waals surface area contributed by atoms with Crippen LogP contribution in [-0.2, 0) is 16.1 Å². The first-order valence-electron chi connectivity index (χ1n) is 7.97. The predicted octanol–water partition coefficient (Wildman–Crippen LogP) is 2.84. The first-order valence-corrected chi connectivity index (χ1v) is 7.97. The molecule has 1 heterocycles. The molecule has 0 aromatic heterocycles. The summed E-state index contributed by atoms with van der Waals surface area (Å²) in [6.45, 7) is 2.96. The fraction of sp³-hybridized carbons (Fsp3) is 0.556. The van der Waals surface area contributed by atoms with E-state index in [0.717, 1.165) is 51.6 Å². The van der Waals surface area contributed by atoms with E-state index < -0.39 is 0 Å². The zero-order valence-electron chi connectivity index (χ0n) is 12.5. The Morgan fingerprint density at radius 3 is 2.48 bits per heavy atom. The summed E-state index contributed by atoms with van der Waals surface area (Å²) < 4.78 is 0. The normalized spacial score (nSPS) is 25.9. The van der Waals surface area contributed by atoms with Gasteiger partial charge in [0.2, 0.25) is 0 Å². The first kappa shape index (κ1) is 14.5. The Hall–Kier alpha value is -1.48. The summed E-state index contributed by atoms with van der Waals surface area (Å²) in [6, 6.07) is 10.5. The summed E-state index contributed by atoms with van der Waals surface area (Å²) in [5.74, 6) is 0.315. The number of Topliss-reactive ketones (excluding diaryl/α,β-unsaturated/α-hetero) is 1. The molecule has 0 N–H and O–H groups in total. The molecule has 1 saturated carbocycles. The van der Waals surface area contributed by atoms with Gasteiger partial charge in [-0.05, 0) is 44.3 Å². The average Bonchev–Trinajstić information content (AvgIpc) is 2.53.